The highest BCUT2D eigenvalue weighted by atomic mass is 35.5. The number of hydrogen-bond donors (Lipinski definition) is 2. The summed E-state index contributed by atoms with van der Waals surface area (Å²) >= 11 is 0. The van der Waals surface area contributed by atoms with Gasteiger partial charge >= 0.3 is 5.97 Å². The summed E-state index contributed by atoms with van der Waals surface area (Å²) in [5.41, 5.74) is 6.08. The maximum absolute atomic E-state index is 12.5. The smallest absolute Gasteiger partial charge is 0.338 e. The monoisotopic (exact) mass is 376 g/mol. The van der Waals surface area contributed by atoms with Gasteiger partial charge in [-0.15, -0.1) is 12.4 Å². The number of sulfonamides is 1. The van der Waals surface area contributed by atoms with Crippen LogP contribution in [0.3, 0.4) is 0 Å². The normalized spacial score (nSPS) is 20.9. The molecule has 8 heteroatoms. The minimum absolute atomic E-state index is 0. The highest BCUT2D eigenvalue weighted by Crippen LogP contribution is 2.25. The van der Waals surface area contributed by atoms with Gasteiger partial charge in [0.25, 0.3) is 0 Å². The highest BCUT2D eigenvalue weighted by molar-refractivity contribution is 7.89. The largest absolute Gasteiger partial charge is 0.462 e. The first kappa shape index (κ1) is 20.9. The molecule has 2 atom stereocenters. The van der Waals surface area contributed by atoms with E-state index in [-0.39, 0.29) is 35.9 Å². The number of hydrogen-bond acceptors (Lipinski definition) is 5. The van der Waals surface area contributed by atoms with E-state index >= 15 is 0 Å². The number of ether oxygens (including phenoxy) is 1. The summed E-state index contributed by atoms with van der Waals surface area (Å²) in [6.07, 6.45) is 3.85. The van der Waals surface area contributed by atoms with Crippen LogP contribution in [0.2, 0.25) is 0 Å². The molecule has 0 amide bonds. The third-order valence-electron chi connectivity index (χ3n) is 4.19. The van der Waals surface area contributed by atoms with E-state index < -0.39 is 16.0 Å². The van der Waals surface area contributed by atoms with Crippen molar-refractivity contribution < 1.29 is 17.9 Å². The van der Waals surface area contributed by atoms with Crippen molar-refractivity contribution in [2.45, 2.75) is 43.5 Å². The molecule has 0 aromatic heterocycles. The molecule has 1 aliphatic carbocycles. The summed E-state index contributed by atoms with van der Waals surface area (Å²) < 4.78 is 32.6. The molecule has 1 aromatic rings. The van der Waals surface area contributed by atoms with E-state index in [1.54, 1.807) is 6.92 Å². The Morgan fingerprint density at radius 1 is 1.25 bits per heavy atom. The van der Waals surface area contributed by atoms with Crippen molar-refractivity contribution in [1.29, 1.82) is 0 Å². The Bertz CT molecular complexity index is 634. The number of benzene rings is 1. The Morgan fingerprint density at radius 3 is 2.46 bits per heavy atom. The van der Waals surface area contributed by atoms with Gasteiger partial charge in [0.1, 0.15) is 0 Å². The Morgan fingerprint density at radius 2 is 1.88 bits per heavy atom. The Kier molecular flexibility index (Phi) is 8.15. The van der Waals surface area contributed by atoms with Crippen LogP contribution in [-0.4, -0.2) is 33.6 Å². The van der Waals surface area contributed by atoms with Crippen LogP contribution in [-0.2, 0) is 14.8 Å². The second kappa shape index (κ2) is 9.36. The lowest BCUT2D eigenvalue weighted by molar-refractivity contribution is 0.0526. The van der Waals surface area contributed by atoms with E-state index in [4.69, 9.17) is 10.5 Å². The predicted octanol–water partition coefficient (Wildman–Crippen LogP) is 2.08. The molecule has 0 aliphatic heterocycles. The Labute approximate surface area is 149 Å². The van der Waals surface area contributed by atoms with E-state index in [2.05, 4.69) is 4.72 Å². The van der Waals surface area contributed by atoms with E-state index in [0.29, 0.717) is 12.1 Å². The lowest BCUT2D eigenvalue weighted by atomic mass is 9.85. The molecule has 1 aromatic carbocycles. The number of carbonyl (C=O) groups is 1. The summed E-state index contributed by atoms with van der Waals surface area (Å²) in [4.78, 5) is 11.7. The van der Waals surface area contributed by atoms with E-state index in [9.17, 15) is 13.2 Å². The number of rotatable bonds is 6. The molecule has 1 fully saturated rings. The summed E-state index contributed by atoms with van der Waals surface area (Å²) in [6, 6.07) is 5.66. The first-order chi connectivity index (χ1) is 11.0. The number of halogens is 1. The molecule has 1 saturated carbocycles. The van der Waals surface area contributed by atoms with Gasteiger partial charge in [-0.2, -0.15) is 0 Å². The average Bonchev–Trinajstić information content (AvgIpc) is 2.55. The van der Waals surface area contributed by atoms with Gasteiger partial charge in [0.15, 0.2) is 0 Å². The fraction of sp³-hybridized carbons (Fsp3) is 0.562. The molecule has 2 unspecified atom stereocenters. The van der Waals surface area contributed by atoms with Crippen molar-refractivity contribution in [3.63, 3.8) is 0 Å². The third-order valence-corrected chi connectivity index (χ3v) is 5.70. The van der Waals surface area contributed by atoms with Gasteiger partial charge in [0.2, 0.25) is 10.0 Å². The minimum Gasteiger partial charge on any atom is -0.462 e. The molecule has 0 saturated heterocycles. The Hall–Kier alpha value is -1.15. The second-order valence-corrected chi connectivity index (χ2v) is 7.47. The molecule has 0 spiro atoms. The fourth-order valence-corrected chi connectivity index (χ4v) is 4.24. The van der Waals surface area contributed by atoms with Crippen LogP contribution < -0.4 is 10.5 Å². The summed E-state index contributed by atoms with van der Waals surface area (Å²) in [7, 11) is -3.62. The van der Waals surface area contributed by atoms with Gasteiger partial charge in [0, 0.05) is 6.04 Å². The standard InChI is InChI=1S/C16H24N2O4S.ClH/c1-2-22-16(19)12-7-9-14(10-8-12)23(20,21)18-15-6-4-3-5-13(15)11-17;/h7-10,13,15,18H,2-6,11,17H2,1H3;1H. The molecular weight excluding hydrogens is 352 g/mol. The van der Waals surface area contributed by atoms with E-state index in [1.807, 2.05) is 0 Å². The number of nitrogens with two attached hydrogens (primary N) is 1. The number of carbonyl (C=O) groups excluding carboxylic acids is 1. The summed E-state index contributed by atoms with van der Waals surface area (Å²) in [5.74, 6) is -0.280. The zero-order chi connectivity index (χ0) is 16.9. The minimum atomic E-state index is -3.62. The maximum Gasteiger partial charge on any atom is 0.338 e. The zero-order valence-corrected chi connectivity index (χ0v) is 15.4. The Balaban J connectivity index is 0.00000288. The maximum atomic E-state index is 12.5. The quantitative estimate of drug-likeness (QED) is 0.740. The van der Waals surface area contributed by atoms with Crippen LogP contribution in [0.1, 0.15) is 43.0 Å². The van der Waals surface area contributed by atoms with Gasteiger partial charge in [-0.25, -0.2) is 17.9 Å². The molecule has 136 valence electrons. The van der Waals surface area contributed by atoms with Crippen molar-refractivity contribution in [3.05, 3.63) is 29.8 Å². The van der Waals surface area contributed by atoms with E-state index in [0.717, 1.165) is 25.7 Å². The van der Waals surface area contributed by atoms with Crippen LogP contribution in [0.25, 0.3) is 0 Å². The molecule has 0 heterocycles. The van der Waals surface area contributed by atoms with E-state index in [1.165, 1.54) is 24.3 Å². The van der Waals surface area contributed by atoms with Crippen LogP contribution in [0.4, 0.5) is 0 Å². The van der Waals surface area contributed by atoms with Crippen molar-refractivity contribution >= 4 is 28.4 Å². The van der Waals surface area contributed by atoms with Crippen LogP contribution in [0.15, 0.2) is 29.2 Å². The third kappa shape index (κ3) is 5.17. The molecule has 0 bridgehead atoms. The SMILES string of the molecule is CCOC(=O)c1ccc(S(=O)(=O)NC2CCCCC2CN)cc1.Cl. The lowest BCUT2D eigenvalue weighted by Gasteiger charge is -2.31. The van der Waals surface area contributed by atoms with Crippen LogP contribution >= 0.6 is 12.4 Å². The fourth-order valence-electron chi connectivity index (χ4n) is 2.90. The average molecular weight is 377 g/mol. The molecule has 24 heavy (non-hydrogen) atoms. The lowest BCUT2D eigenvalue weighted by Crippen LogP contribution is -2.44. The predicted molar refractivity (Wildman–Crippen MR) is 94.8 cm³/mol. The van der Waals surface area contributed by atoms with Gasteiger partial charge in [-0.05, 0) is 56.5 Å². The van der Waals surface area contributed by atoms with Crippen LogP contribution in [0, 0.1) is 5.92 Å². The highest BCUT2D eigenvalue weighted by Gasteiger charge is 2.28. The molecule has 3 N–H and O–H groups in total. The zero-order valence-electron chi connectivity index (χ0n) is 13.7. The van der Waals surface area contributed by atoms with Gasteiger partial charge in [-0.3, -0.25) is 0 Å². The summed E-state index contributed by atoms with van der Waals surface area (Å²) in [6.45, 7) is 2.48. The van der Waals surface area contributed by atoms with Crippen molar-refractivity contribution in [2.75, 3.05) is 13.2 Å². The molecule has 6 nitrogen and oxygen atoms in total. The molecular formula is C16H25ClN2O4S. The first-order valence-electron chi connectivity index (χ1n) is 7.97. The van der Waals surface area contributed by atoms with Crippen molar-refractivity contribution in [1.82, 2.24) is 4.72 Å². The number of esters is 1. The van der Waals surface area contributed by atoms with Gasteiger partial charge in [0.05, 0.1) is 17.1 Å². The summed E-state index contributed by atoms with van der Waals surface area (Å²) in [5, 5.41) is 0. The number of nitrogens with one attached hydrogen (secondary N) is 1. The molecule has 1 aliphatic rings. The van der Waals surface area contributed by atoms with Crippen LogP contribution in [0.5, 0.6) is 0 Å². The topological polar surface area (TPSA) is 98.5 Å². The molecule has 0 radical (unpaired) electrons. The first-order valence-corrected chi connectivity index (χ1v) is 9.46. The van der Waals surface area contributed by atoms with Crippen molar-refractivity contribution in [3.8, 4) is 0 Å². The second-order valence-electron chi connectivity index (χ2n) is 5.75. The van der Waals surface area contributed by atoms with Crippen molar-refractivity contribution in [2.24, 2.45) is 11.7 Å². The van der Waals surface area contributed by atoms with Gasteiger partial charge < -0.3 is 10.5 Å². The molecule has 2 rings (SSSR count). The van der Waals surface area contributed by atoms with Gasteiger partial charge in [-0.1, -0.05) is 12.8 Å².